The van der Waals surface area contributed by atoms with Gasteiger partial charge in [-0.25, -0.2) is 4.98 Å². The molecule has 1 N–H and O–H groups in total. The first-order valence-corrected chi connectivity index (χ1v) is 9.56. The number of halogens is 1. The maximum Gasteiger partial charge on any atom is 0.262 e. The zero-order valence-corrected chi connectivity index (χ0v) is 16.5. The highest BCUT2D eigenvalue weighted by molar-refractivity contribution is 7.18. The molecule has 0 bridgehead atoms. The van der Waals surface area contributed by atoms with Crippen LogP contribution in [0.3, 0.4) is 0 Å². The average Bonchev–Trinajstić information content (AvgIpc) is 2.91. The highest BCUT2D eigenvalue weighted by Crippen LogP contribution is 2.25. The first kappa shape index (κ1) is 19.0. The molecule has 0 saturated heterocycles. The first-order valence-electron chi connectivity index (χ1n) is 8.37. The molecule has 2 heterocycles. The van der Waals surface area contributed by atoms with Crippen LogP contribution in [0.25, 0.3) is 10.2 Å². The van der Waals surface area contributed by atoms with Gasteiger partial charge in [-0.2, -0.15) is 0 Å². The molecule has 138 valence electrons. The fourth-order valence-corrected chi connectivity index (χ4v) is 3.88. The van der Waals surface area contributed by atoms with Crippen molar-refractivity contribution < 1.29 is 9.84 Å². The summed E-state index contributed by atoms with van der Waals surface area (Å²) < 4.78 is 7.18. The molecule has 1 aromatic carbocycles. The van der Waals surface area contributed by atoms with Crippen molar-refractivity contribution in [3.05, 3.63) is 62.0 Å². The topological polar surface area (TPSA) is 64.3 Å². The summed E-state index contributed by atoms with van der Waals surface area (Å²) in [4.78, 5) is 18.8. The third-order valence-electron chi connectivity index (χ3n) is 4.44. The minimum absolute atomic E-state index is 0.121. The van der Waals surface area contributed by atoms with Crippen molar-refractivity contribution in [3.8, 4) is 0 Å². The third-order valence-corrected chi connectivity index (χ3v) is 5.81. The van der Waals surface area contributed by atoms with E-state index in [0.717, 1.165) is 20.8 Å². The standard InChI is InChI=1S/C19H21ClN2O3S/c1-11-13(3)26-18-17(11)19(24)22(10-21-18)8-16(23)9-25-12(2)14-4-6-15(20)7-5-14/h4-7,10,12,16,23H,8-9H2,1-3H3/t12-,16-/m0/s1. The van der Waals surface area contributed by atoms with E-state index in [4.69, 9.17) is 16.3 Å². The number of fused-ring (bicyclic) bond motifs is 1. The lowest BCUT2D eigenvalue weighted by Gasteiger charge is -2.17. The molecule has 0 aliphatic heterocycles. The summed E-state index contributed by atoms with van der Waals surface area (Å²) in [6.45, 7) is 6.08. The monoisotopic (exact) mass is 392 g/mol. The van der Waals surface area contributed by atoms with Crippen molar-refractivity contribution >= 4 is 33.2 Å². The average molecular weight is 393 g/mol. The molecule has 0 unspecified atom stereocenters. The summed E-state index contributed by atoms with van der Waals surface area (Å²) in [5, 5.41) is 11.6. The molecule has 2 atom stereocenters. The predicted molar refractivity (Wildman–Crippen MR) is 105 cm³/mol. The summed E-state index contributed by atoms with van der Waals surface area (Å²) in [5.74, 6) is 0. The number of rotatable bonds is 6. The molecule has 0 fully saturated rings. The highest BCUT2D eigenvalue weighted by Gasteiger charge is 2.15. The smallest absolute Gasteiger partial charge is 0.262 e. The summed E-state index contributed by atoms with van der Waals surface area (Å²) in [6.07, 6.45) is 0.508. The molecular weight excluding hydrogens is 372 g/mol. The molecular formula is C19H21ClN2O3S. The summed E-state index contributed by atoms with van der Waals surface area (Å²) in [7, 11) is 0. The number of aliphatic hydroxyl groups is 1. The maximum atomic E-state index is 12.7. The van der Waals surface area contributed by atoms with Gasteiger partial charge in [0.05, 0.1) is 37.1 Å². The van der Waals surface area contributed by atoms with E-state index in [9.17, 15) is 9.90 Å². The van der Waals surface area contributed by atoms with Gasteiger partial charge in [0.2, 0.25) is 0 Å². The van der Waals surface area contributed by atoms with Gasteiger partial charge in [0.25, 0.3) is 5.56 Å². The molecule has 0 amide bonds. The lowest BCUT2D eigenvalue weighted by Crippen LogP contribution is -2.29. The van der Waals surface area contributed by atoms with Crippen LogP contribution in [0.1, 0.15) is 29.0 Å². The normalized spacial score (nSPS) is 13.9. The number of aryl methyl sites for hydroxylation is 2. The van der Waals surface area contributed by atoms with Crippen LogP contribution in [-0.2, 0) is 11.3 Å². The van der Waals surface area contributed by atoms with Crippen LogP contribution in [-0.4, -0.2) is 27.4 Å². The number of benzene rings is 1. The molecule has 7 heteroatoms. The van der Waals surface area contributed by atoms with E-state index in [1.807, 2.05) is 32.9 Å². The third kappa shape index (κ3) is 3.99. The summed E-state index contributed by atoms with van der Waals surface area (Å²) in [5.41, 5.74) is 1.81. The van der Waals surface area contributed by atoms with Crippen LogP contribution in [0.5, 0.6) is 0 Å². The maximum absolute atomic E-state index is 12.7. The molecule has 0 spiro atoms. The Bertz CT molecular complexity index is 965. The predicted octanol–water partition coefficient (Wildman–Crippen LogP) is 3.87. The second-order valence-corrected chi connectivity index (χ2v) is 7.99. The Hall–Kier alpha value is -1.73. The number of ether oxygens (including phenoxy) is 1. The number of aliphatic hydroxyl groups excluding tert-OH is 1. The van der Waals surface area contributed by atoms with E-state index in [1.54, 1.807) is 12.1 Å². The van der Waals surface area contributed by atoms with Crippen LogP contribution in [0, 0.1) is 13.8 Å². The second kappa shape index (κ2) is 7.88. The molecule has 2 aromatic heterocycles. The van der Waals surface area contributed by atoms with Crippen molar-refractivity contribution in [2.75, 3.05) is 6.61 Å². The van der Waals surface area contributed by atoms with E-state index >= 15 is 0 Å². The fraction of sp³-hybridized carbons (Fsp3) is 0.368. The number of thiophene rings is 1. The van der Waals surface area contributed by atoms with E-state index in [1.165, 1.54) is 22.2 Å². The Labute approximate surface area is 160 Å². The largest absolute Gasteiger partial charge is 0.389 e. The number of hydrogen-bond acceptors (Lipinski definition) is 5. The zero-order chi connectivity index (χ0) is 18.8. The lowest BCUT2D eigenvalue weighted by atomic mass is 10.1. The highest BCUT2D eigenvalue weighted by atomic mass is 35.5. The van der Waals surface area contributed by atoms with Crippen LogP contribution in [0.15, 0.2) is 35.4 Å². The van der Waals surface area contributed by atoms with Crippen LogP contribution >= 0.6 is 22.9 Å². The SMILES string of the molecule is Cc1sc2ncn(C[C@H](O)CO[C@@H](C)c3ccc(Cl)cc3)c(=O)c2c1C. The van der Waals surface area contributed by atoms with Crippen molar-refractivity contribution in [1.29, 1.82) is 0 Å². The molecule has 0 radical (unpaired) electrons. The molecule has 26 heavy (non-hydrogen) atoms. The molecule has 5 nitrogen and oxygen atoms in total. The Morgan fingerprint density at radius 3 is 2.69 bits per heavy atom. The fourth-order valence-electron chi connectivity index (χ4n) is 2.77. The van der Waals surface area contributed by atoms with Crippen molar-refractivity contribution in [2.45, 2.75) is 39.5 Å². The molecule has 0 aliphatic rings. The summed E-state index contributed by atoms with van der Waals surface area (Å²) in [6, 6.07) is 7.39. The van der Waals surface area contributed by atoms with E-state index in [0.29, 0.717) is 10.4 Å². The Morgan fingerprint density at radius 1 is 1.31 bits per heavy atom. The van der Waals surface area contributed by atoms with Crippen LogP contribution in [0.4, 0.5) is 0 Å². The second-order valence-electron chi connectivity index (χ2n) is 6.35. The summed E-state index contributed by atoms with van der Waals surface area (Å²) >= 11 is 7.40. The lowest BCUT2D eigenvalue weighted by molar-refractivity contribution is -0.00910. The van der Waals surface area contributed by atoms with E-state index in [-0.39, 0.29) is 24.8 Å². The molecule has 0 saturated carbocycles. The van der Waals surface area contributed by atoms with E-state index < -0.39 is 6.10 Å². The van der Waals surface area contributed by atoms with E-state index in [2.05, 4.69) is 4.98 Å². The van der Waals surface area contributed by atoms with Gasteiger partial charge in [0.1, 0.15) is 4.83 Å². The number of nitrogens with zero attached hydrogens (tertiary/aromatic N) is 2. The molecule has 3 aromatic rings. The van der Waals surface area contributed by atoms with Gasteiger partial charge in [-0.05, 0) is 44.0 Å². The molecule has 3 rings (SSSR count). The van der Waals surface area contributed by atoms with Crippen molar-refractivity contribution in [1.82, 2.24) is 9.55 Å². The first-order chi connectivity index (χ1) is 12.4. The van der Waals surface area contributed by atoms with Crippen molar-refractivity contribution in [2.24, 2.45) is 0 Å². The van der Waals surface area contributed by atoms with Gasteiger partial charge in [0, 0.05) is 9.90 Å². The number of hydrogen-bond donors (Lipinski definition) is 1. The van der Waals surface area contributed by atoms with Gasteiger partial charge in [-0.15, -0.1) is 11.3 Å². The van der Waals surface area contributed by atoms with Crippen LogP contribution in [0.2, 0.25) is 5.02 Å². The van der Waals surface area contributed by atoms with Gasteiger partial charge in [-0.1, -0.05) is 23.7 Å². The van der Waals surface area contributed by atoms with Gasteiger partial charge in [-0.3, -0.25) is 9.36 Å². The quantitative estimate of drug-likeness (QED) is 0.691. The molecule has 0 aliphatic carbocycles. The Kier molecular flexibility index (Phi) is 5.77. The van der Waals surface area contributed by atoms with Gasteiger partial charge in [0.15, 0.2) is 0 Å². The van der Waals surface area contributed by atoms with Gasteiger partial charge >= 0.3 is 0 Å². The Balaban J connectivity index is 1.66. The van der Waals surface area contributed by atoms with Crippen LogP contribution < -0.4 is 5.56 Å². The zero-order valence-electron chi connectivity index (χ0n) is 14.9. The number of aromatic nitrogens is 2. The minimum Gasteiger partial charge on any atom is -0.389 e. The minimum atomic E-state index is -0.804. The van der Waals surface area contributed by atoms with Crippen molar-refractivity contribution in [3.63, 3.8) is 0 Å². The van der Waals surface area contributed by atoms with Gasteiger partial charge < -0.3 is 9.84 Å². The Morgan fingerprint density at radius 2 is 2.00 bits per heavy atom.